The minimum absolute atomic E-state index is 0.413. The number of hydrogen-bond acceptors (Lipinski definition) is 3. The normalized spacial score (nSPS) is 12.4. The lowest BCUT2D eigenvalue weighted by Gasteiger charge is -2.07. The molecule has 0 radical (unpaired) electrons. The molecule has 0 aliphatic rings. The topological polar surface area (TPSA) is 76.2 Å². The van der Waals surface area contributed by atoms with Crippen LogP contribution in [0.25, 0.3) is 0 Å². The van der Waals surface area contributed by atoms with Crippen molar-refractivity contribution in [2.45, 2.75) is 13.3 Å². The van der Waals surface area contributed by atoms with Gasteiger partial charge in [-0.15, -0.1) is 0 Å². The lowest BCUT2D eigenvalue weighted by molar-refractivity contribution is -0.141. The molecule has 0 spiro atoms. The number of anilines is 1. The minimum atomic E-state index is -0.816. The van der Waals surface area contributed by atoms with E-state index in [-0.39, 0.29) is 0 Å². The molecular formula is C9H12N2O2. The first-order chi connectivity index (χ1) is 6.11. The number of nitrogens with two attached hydrogens (primary N) is 1. The van der Waals surface area contributed by atoms with Crippen LogP contribution in [0, 0.1) is 5.92 Å². The van der Waals surface area contributed by atoms with Crippen molar-refractivity contribution in [2.75, 3.05) is 5.73 Å². The average molecular weight is 180 g/mol. The monoisotopic (exact) mass is 180 g/mol. The van der Waals surface area contributed by atoms with E-state index >= 15 is 0 Å². The largest absolute Gasteiger partial charge is 0.481 e. The molecule has 1 atom stereocenters. The van der Waals surface area contributed by atoms with Gasteiger partial charge in [0.05, 0.1) is 5.92 Å². The molecule has 1 heterocycles. The quantitative estimate of drug-likeness (QED) is 0.725. The second-order valence-electron chi connectivity index (χ2n) is 2.99. The van der Waals surface area contributed by atoms with Gasteiger partial charge in [-0.1, -0.05) is 13.0 Å². The van der Waals surface area contributed by atoms with Crippen molar-refractivity contribution in [1.82, 2.24) is 4.98 Å². The summed E-state index contributed by atoms with van der Waals surface area (Å²) in [5.74, 6) is -0.828. The third-order valence-corrected chi connectivity index (χ3v) is 1.87. The van der Waals surface area contributed by atoms with Crippen molar-refractivity contribution in [1.29, 1.82) is 0 Å². The molecule has 4 nitrogen and oxygen atoms in total. The zero-order valence-electron chi connectivity index (χ0n) is 7.40. The molecule has 0 aliphatic heterocycles. The van der Waals surface area contributed by atoms with Crippen LogP contribution < -0.4 is 5.73 Å². The van der Waals surface area contributed by atoms with Crippen LogP contribution in [0.15, 0.2) is 18.3 Å². The fourth-order valence-electron chi connectivity index (χ4n) is 1.04. The van der Waals surface area contributed by atoms with E-state index in [1.807, 2.05) is 0 Å². The summed E-state index contributed by atoms with van der Waals surface area (Å²) in [6.07, 6.45) is 2.01. The van der Waals surface area contributed by atoms with Gasteiger partial charge in [0.1, 0.15) is 5.82 Å². The maximum absolute atomic E-state index is 10.6. The van der Waals surface area contributed by atoms with Crippen LogP contribution in [0.5, 0.6) is 0 Å². The number of hydrogen-bond donors (Lipinski definition) is 2. The first-order valence-corrected chi connectivity index (χ1v) is 4.03. The summed E-state index contributed by atoms with van der Waals surface area (Å²) < 4.78 is 0. The summed E-state index contributed by atoms with van der Waals surface area (Å²) in [6, 6.07) is 3.54. The smallest absolute Gasteiger partial charge is 0.306 e. The maximum atomic E-state index is 10.6. The number of nitrogen functional groups attached to an aromatic ring is 1. The number of carboxylic acids is 1. The fraction of sp³-hybridized carbons (Fsp3) is 0.333. The number of carbonyl (C=O) groups is 1. The average Bonchev–Trinajstić information content (AvgIpc) is 2.08. The number of rotatable bonds is 3. The van der Waals surface area contributed by atoms with Crippen molar-refractivity contribution in [3.63, 3.8) is 0 Å². The summed E-state index contributed by atoms with van der Waals surface area (Å²) >= 11 is 0. The van der Waals surface area contributed by atoms with Gasteiger partial charge in [0.2, 0.25) is 0 Å². The van der Waals surface area contributed by atoms with E-state index in [0.717, 1.165) is 5.56 Å². The van der Waals surface area contributed by atoms with E-state index in [1.54, 1.807) is 25.3 Å². The highest BCUT2D eigenvalue weighted by molar-refractivity contribution is 5.70. The molecule has 3 N–H and O–H groups in total. The number of aromatic nitrogens is 1. The van der Waals surface area contributed by atoms with Gasteiger partial charge in [0.15, 0.2) is 0 Å². The van der Waals surface area contributed by atoms with Gasteiger partial charge in [-0.2, -0.15) is 0 Å². The highest BCUT2D eigenvalue weighted by atomic mass is 16.4. The molecule has 0 fully saturated rings. The third kappa shape index (κ3) is 2.43. The third-order valence-electron chi connectivity index (χ3n) is 1.87. The molecule has 1 aromatic rings. The van der Waals surface area contributed by atoms with Crippen LogP contribution in [-0.2, 0) is 11.2 Å². The molecule has 70 valence electrons. The van der Waals surface area contributed by atoms with Crippen LogP contribution in [0.2, 0.25) is 0 Å². The molecule has 0 amide bonds. The Hall–Kier alpha value is -1.58. The predicted molar refractivity (Wildman–Crippen MR) is 49.2 cm³/mol. The van der Waals surface area contributed by atoms with Gasteiger partial charge >= 0.3 is 5.97 Å². The van der Waals surface area contributed by atoms with Crippen molar-refractivity contribution in [3.8, 4) is 0 Å². The number of aliphatic carboxylic acids is 1. The summed E-state index contributed by atoms with van der Waals surface area (Å²) in [5.41, 5.74) is 6.35. The van der Waals surface area contributed by atoms with Crippen LogP contribution in [0.1, 0.15) is 12.5 Å². The molecule has 4 heteroatoms. The fourth-order valence-corrected chi connectivity index (χ4v) is 1.04. The zero-order valence-corrected chi connectivity index (χ0v) is 7.40. The molecule has 1 unspecified atom stereocenters. The second-order valence-corrected chi connectivity index (χ2v) is 2.99. The van der Waals surface area contributed by atoms with Crippen LogP contribution in [0.4, 0.5) is 5.82 Å². The molecule has 0 saturated carbocycles. The van der Waals surface area contributed by atoms with E-state index in [4.69, 9.17) is 10.8 Å². The van der Waals surface area contributed by atoms with E-state index in [0.29, 0.717) is 12.2 Å². The highest BCUT2D eigenvalue weighted by Gasteiger charge is 2.12. The Morgan fingerprint density at radius 3 is 3.00 bits per heavy atom. The Bertz CT molecular complexity index is 312. The first kappa shape index (κ1) is 9.51. The van der Waals surface area contributed by atoms with Gasteiger partial charge in [0.25, 0.3) is 0 Å². The molecule has 0 bridgehead atoms. The minimum Gasteiger partial charge on any atom is -0.481 e. The Kier molecular flexibility index (Phi) is 2.84. The lowest BCUT2D eigenvalue weighted by atomic mass is 10.0. The Morgan fingerprint density at radius 1 is 1.77 bits per heavy atom. The predicted octanol–water partition coefficient (Wildman–Crippen LogP) is 0.927. The SMILES string of the molecule is CC(Cc1cccnc1N)C(=O)O. The van der Waals surface area contributed by atoms with E-state index in [9.17, 15) is 4.79 Å². The van der Waals surface area contributed by atoms with Crippen LogP contribution in [0.3, 0.4) is 0 Å². The van der Waals surface area contributed by atoms with Crippen LogP contribution >= 0.6 is 0 Å². The van der Waals surface area contributed by atoms with Crippen molar-refractivity contribution >= 4 is 11.8 Å². The number of pyridine rings is 1. The number of nitrogens with zero attached hydrogens (tertiary/aromatic N) is 1. The highest BCUT2D eigenvalue weighted by Crippen LogP contribution is 2.13. The van der Waals surface area contributed by atoms with Crippen LogP contribution in [-0.4, -0.2) is 16.1 Å². The maximum Gasteiger partial charge on any atom is 0.306 e. The van der Waals surface area contributed by atoms with E-state index in [1.165, 1.54) is 0 Å². The van der Waals surface area contributed by atoms with Gasteiger partial charge in [-0.05, 0) is 18.1 Å². The van der Waals surface area contributed by atoms with Gasteiger partial charge in [-0.3, -0.25) is 4.79 Å². The van der Waals surface area contributed by atoms with Gasteiger partial charge < -0.3 is 10.8 Å². The molecule has 1 rings (SSSR count). The van der Waals surface area contributed by atoms with Crippen molar-refractivity contribution in [3.05, 3.63) is 23.9 Å². The van der Waals surface area contributed by atoms with Gasteiger partial charge in [0, 0.05) is 6.20 Å². The summed E-state index contributed by atoms with van der Waals surface area (Å²) in [5, 5.41) is 8.67. The van der Waals surface area contributed by atoms with Crippen molar-refractivity contribution in [2.24, 2.45) is 5.92 Å². The summed E-state index contributed by atoms with van der Waals surface area (Å²) in [4.78, 5) is 14.4. The van der Waals surface area contributed by atoms with E-state index < -0.39 is 11.9 Å². The first-order valence-electron chi connectivity index (χ1n) is 4.03. The molecule has 0 aliphatic carbocycles. The molecule has 13 heavy (non-hydrogen) atoms. The zero-order chi connectivity index (χ0) is 9.84. The summed E-state index contributed by atoms with van der Waals surface area (Å²) in [6.45, 7) is 1.65. The molecular weight excluding hydrogens is 168 g/mol. The van der Waals surface area contributed by atoms with Gasteiger partial charge in [-0.25, -0.2) is 4.98 Å². The Balaban J connectivity index is 2.74. The van der Waals surface area contributed by atoms with E-state index in [2.05, 4.69) is 4.98 Å². The second kappa shape index (κ2) is 3.89. The lowest BCUT2D eigenvalue weighted by Crippen LogP contribution is -2.13. The Morgan fingerprint density at radius 2 is 2.46 bits per heavy atom. The number of carboxylic acid groups (broad SMARTS) is 1. The molecule has 1 aromatic heterocycles. The van der Waals surface area contributed by atoms with Crippen molar-refractivity contribution < 1.29 is 9.90 Å². The molecule has 0 saturated heterocycles. The summed E-state index contributed by atoms with van der Waals surface area (Å²) in [7, 11) is 0. The standard InChI is InChI=1S/C9H12N2O2/c1-6(9(12)13)5-7-3-2-4-11-8(7)10/h2-4,6H,5H2,1H3,(H2,10,11)(H,12,13). The Labute approximate surface area is 76.4 Å². The molecule has 0 aromatic carbocycles.